The molecule has 0 amide bonds. The Balaban J connectivity index is 2.92. The predicted molar refractivity (Wildman–Crippen MR) is 60.6 cm³/mol. The molecule has 0 fully saturated rings. The summed E-state index contributed by atoms with van der Waals surface area (Å²) in [5, 5.41) is 0. The van der Waals surface area contributed by atoms with Gasteiger partial charge in [-0.1, -0.05) is 44.2 Å². The lowest BCUT2D eigenvalue weighted by atomic mass is 9.87. The van der Waals surface area contributed by atoms with Gasteiger partial charge in [0.05, 0.1) is 13.0 Å². The molecule has 0 aliphatic carbocycles. The Morgan fingerprint density at radius 2 is 1.81 bits per heavy atom. The van der Waals surface area contributed by atoms with E-state index in [0.717, 1.165) is 0 Å². The maximum absolute atomic E-state index is 14.2. The molecule has 0 aromatic heterocycles. The summed E-state index contributed by atoms with van der Waals surface area (Å²) in [6, 6.07) is 8.71. The summed E-state index contributed by atoms with van der Waals surface area (Å²) in [6.07, 6.45) is -1.31. The summed E-state index contributed by atoms with van der Waals surface area (Å²) in [5.74, 6) is -1.33. The van der Waals surface area contributed by atoms with Crippen molar-refractivity contribution in [3.05, 3.63) is 35.9 Å². The lowest BCUT2D eigenvalue weighted by molar-refractivity contribution is -0.149. The molecule has 16 heavy (non-hydrogen) atoms. The van der Waals surface area contributed by atoms with Crippen molar-refractivity contribution >= 4 is 5.97 Å². The number of carbonyl (C=O) groups excluding carboxylic acids is 1. The molecule has 0 heterocycles. The van der Waals surface area contributed by atoms with E-state index in [-0.39, 0.29) is 5.92 Å². The molecule has 0 aliphatic rings. The molecular formula is C13H17FO2. The van der Waals surface area contributed by atoms with Crippen LogP contribution in [0.4, 0.5) is 4.39 Å². The average molecular weight is 224 g/mol. The Morgan fingerprint density at radius 3 is 2.25 bits per heavy atom. The van der Waals surface area contributed by atoms with Gasteiger partial charge in [0, 0.05) is 0 Å². The molecule has 0 aliphatic heterocycles. The number of methoxy groups -OCH3 is 1. The molecule has 0 saturated carbocycles. The maximum Gasteiger partial charge on any atom is 0.312 e. The van der Waals surface area contributed by atoms with Gasteiger partial charge in [0.1, 0.15) is 6.17 Å². The molecule has 2 nitrogen and oxygen atoms in total. The normalized spacial score (nSPS) is 14.6. The predicted octanol–water partition coefficient (Wildman–Crippen LogP) is 3.14. The van der Waals surface area contributed by atoms with E-state index in [1.165, 1.54) is 7.11 Å². The zero-order valence-corrected chi connectivity index (χ0v) is 9.81. The molecule has 0 spiro atoms. The van der Waals surface area contributed by atoms with Crippen molar-refractivity contribution in [2.75, 3.05) is 7.11 Å². The minimum atomic E-state index is -1.31. The van der Waals surface area contributed by atoms with Gasteiger partial charge in [-0.3, -0.25) is 4.79 Å². The number of halogens is 1. The fraction of sp³-hybridized carbons (Fsp3) is 0.462. The van der Waals surface area contributed by atoms with E-state index in [9.17, 15) is 9.18 Å². The summed E-state index contributed by atoms with van der Waals surface area (Å²) in [7, 11) is 1.29. The van der Waals surface area contributed by atoms with E-state index in [1.807, 2.05) is 19.9 Å². The third-order valence-electron chi connectivity index (χ3n) is 2.62. The highest BCUT2D eigenvalue weighted by molar-refractivity contribution is 5.73. The lowest BCUT2D eigenvalue weighted by Gasteiger charge is -2.22. The third kappa shape index (κ3) is 2.81. The summed E-state index contributed by atoms with van der Waals surface area (Å²) >= 11 is 0. The first-order valence-electron chi connectivity index (χ1n) is 5.34. The summed E-state index contributed by atoms with van der Waals surface area (Å²) in [5.41, 5.74) is 0.520. The van der Waals surface area contributed by atoms with Gasteiger partial charge in [-0.2, -0.15) is 0 Å². The van der Waals surface area contributed by atoms with Crippen LogP contribution in [0, 0.1) is 11.8 Å². The molecule has 0 N–H and O–H groups in total. The monoisotopic (exact) mass is 224 g/mol. The van der Waals surface area contributed by atoms with E-state index < -0.39 is 18.1 Å². The van der Waals surface area contributed by atoms with Gasteiger partial charge >= 0.3 is 5.97 Å². The fourth-order valence-electron chi connectivity index (χ4n) is 1.71. The highest BCUT2D eigenvalue weighted by Crippen LogP contribution is 2.32. The topological polar surface area (TPSA) is 26.3 Å². The number of hydrogen-bond acceptors (Lipinski definition) is 2. The van der Waals surface area contributed by atoms with Crippen LogP contribution in [0.1, 0.15) is 25.6 Å². The number of esters is 1. The van der Waals surface area contributed by atoms with Crippen molar-refractivity contribution in [2.45, 2.75) is 20.0 Å². The Morgan fingerprint density at radius 1 is 1.25 bits per heavy atom. The van der Waals surface area contributed by atoms with Crippen molar-refractivity contribution in [3.8, 4) is 0 Å². The highest BCUT2D eigenvalue weighted by atomic mass is 19.1. The van der Waals surface area contributed by atoms with Gasteiger partial charge in [-0.05, 0) is 11.5 Å². The number of rotatable bonds is 4. The number of carbonyl (C=O) groups is 1. The average Bonchev–Trinajstić information content (AvgIpc) is 2.29. The molecule has 1 rings (SSSR count). The number of hydrogen-bond donors (Lipinski definition) is 0. The van der Waals surface area contributed by atoms with Gasteiger partial charge < -0.3 is 4.74 Å². The second-order valence-corrected chi connectivity index (χ2v) is 4.11. The molecule has 2 atom stereocenters. The van der Waals surface area contributed by atoms with Crippen LogP contribution in [0.2, 0.25) is 0 Å². The Bertz CT molecular complexity index is 335. The van der Waals surface area contributed by atoms with Gasteiger partial charge in [0.15, 0.2) is 0 Å². The van der Waals surface area contributed by atoms with E-state index in [1.54, 1.807) is 24.3 Å². The van der Waals surface area contributed by atoms with Gasteiger partial charge in [0.2, 0.25) is 0 Å². The summed E-state index contributed by atoms with van der Waals surface area (Å²) < 4.78 is 18.8. The number of ether oxygens (including phenoxy) is 1. The smallest absolute Gasteiger partial charge is 0.312 e. The van der Waals surface area contributed by atoms with Crippen molar-refractivity contribution in [1.82, 2.24) is 0 Å². The SMILES string of the molecule is COC(=O)[C@@H](C(C)C)[C@H](F)c1ccccc1. The maximum atomic E-state index is 14.2. The van der Waals surface area contributed by atoms with Gasteiger partial charge in [-0.15, -0.1) is 0 Å². The molecule has 88 valence electrons. The van der Waals surface area contributed by atoms with Crippen molar-refractivity contribution in [2.24, 2.45) is 11.8 Å². The third-order valence-corrected chi connectivity index (χ3v) is 2.62. The van der Waals surface area contributed by atoms with E-state index in [4.69, 9.17) is 0 Å². The van der Waals surface area contributed by atoms with Gasteiger partial charge in [0.25, 0.3) is 0 Å². The number of benzene rings is 1. The van der Waals surface area contributed by atoms with Crippen LogP contribution < -0.4 is 0 Å². The molecule has 1 aromatic carbocycles. The highest BCUT2D eigenvalue weighted by Gasteiger charge is 2.33. The van der Waals surface area contributed by atoms with Crippen LogP contribution >= 0.6 is 0 Å². The standard InChI is InChI=1S/C13H17FO2/c1-9(2)11(13(15)16-3)12(14)10-7-5-4-6-8-10/h4-9,11-12H,1-3H3/t11-,12+/m0/s1. The molecule has 0 saturated heterocycles. The second-order valence-electron chi connectivity index (χ2n) is 4.11. The van der Waals surface area contributed by atoms with Crippen LogP contribution in [0.5, 0.6) is 0 Å². The van der Waals surface area contributed by atoms with E-state index >= 15 is 0 Å². The van der Waals surface area contributed by atoms with Crippen LogP contribution in [0.25, 0.3) is 0 Å². The first-order valence-corrected chi connectivity index (χ1v) is 5.34. The number of alkyl halides is 1. The van der Waals surface area contributed by atoms with Crippen molar-refractivity contribution in [3.63, 3.8) is 0 Å². The van der Waals surface area contributed by atoms with Crippen LogP contribution in [0.3, 0.4) is 0 Å². The van der Waals surface area contributed by atoms with Crippen LogP contribution in [-0.4, -0.2) is 13.1 Å². The minimum Gasteiger partial charge on any atom is -0.469 e. The molecule has 0 bridgehead atoms. The molecular weight excluding hydrogens is 207 g/mol. The van der Waals surface area contributed by atoms with Gasteiger partial charge in [-0.25, -0.2) is 4.39 Å². The zero-order valence-electron chi connectivity index (χ0n) is 9.81. The van der Waals surface area contributed by atoms with Crippen molar-refractivity contribution in [1.29, 1.82) is 0 Å². The van der Waals surface area contributed by atoms with Crippen LogP contribution in [-0.2, 0) is 9.53 Å². The molecule has 1 aromatic rings. The lowest BCUT2D eigenvalue weighted by Crippen LogP contribution is -2.26. The first kappa shape index (κ1) is 12.7. The fourth-order valence-corrected chi connectivity index (χ4v) is 1.71. The van der Waals surface area contributed by atoms with Crippen molar-refractivity contribution < 1.29 is 13.9 Å². The molecule has 0 unspecified atom stereocenters. The van der Waals surface area contributed by atoms with Crippen LogP contribution in [0.15, 0.2) is 30.3 Å². The van der Waals surface area contributed by atoms with E-state index in [0.29, 0.717) is 5.56 Å². The summed E-state index contributed by atoms with van der Waals surface area (Å²) in [6.45, 7) is 3.63. The Labute approximate surface area is 95.4 Å². The minimum absolute atomic E-state index is 0.0948. The Kier molecular flexibility index (Phi) is 4.47. The molecule has 3 heteroatoms. The Hall–Kier alpha value is -1.38. The first-order chi connectivity index (χ1) is 7.57. The largest absolute Gasteiger partial charge is 0.469 e. The quantitative estimate of drug-likeness (QED) is 0.734. The second kappa shape index (κ2) is 5.64. The summed E-state index contributed by atoms with van der Waals surface area (Å²) in [4.78, 5) is 11.5. The van der Waals surface area contributed by atoms with E-state index in [2.05, 4.69) is 4.74 Å². The zero-order chi connectivity index (χ0) is 12.1. The molecule has 0 radical (unpaired) electrons.